The maximum absolute atomic E-state index is 10.8. The minimum Gasteiger partial charge on any atom is -0.304 e. The molecular weight excluding hydrogens is 218 g/mol. The van der Waals surface area contributed by atoms with E-state index in [4.69, 9.17) is 0 Å². The molecule has 1 amide bonds. The molecule has 79 valence electrons. The molecule has 1 aromatic heterocycles. The van der Waals surface area contributed by atoms with Gasteiger partial charge in [0, 0.05) is 17.1 Å². The van der Waals surface area contributed by atoms with Crippen LogP contribution in [0.25, 0.3) is 10.4 Å². The minimum absolute atomic E-state index is 0.751. The smallest absolute Gasteiger partial charge is 0.304 e. The zero-order valence-electron chi connectivity index (χ0n) is 8.64. The molecule has 3 heteroatoms. The van der Waals surface area contributed by atoms with Crippen molar-refractivity contribution < 1.29 is 4.79 Å². The first-order chi connectivity index (χ1) is 7.90. The number of thiophene rings is 1. The molecule has 0 fully saturated rings. The Hall–Kier alpha value is -1.61. The molecule has 1 aliphatic rings. The second-order valence-corrected chi connectivity index (χ2v) is 4.72. The molecule has 1 aliphatic heterocycles. The van der Waals surface area contributed by atoms with Crippen molar-refractivity contribution in [1.29, 1.82) is 0 Å². The average Bonchev–Trinajstić information content (AvgIpc) is 2.97. The van der Waals surface area contributed by atoms with Crippen LogP contribution in [0, 0.1) is 0 Å². The molecule has 2 nitrogen and oxygen atoms in total. The van der Waals surface area contributed by atoms with E-state index in [2.05, 4.69) is 23.6 Å². The van der Waals surface area contributed by atoms with Crippen LogP contribution in [0.2, 0.25) is 0 Å². The van der Waals surface area contributed by atoms with E-state index in [9.17, 15) is 4.79 Å². The first kappa shape index (κ1) is 9.60. The largest absolute Gasteiger partial charge is 0.316 e. The van der Waals surface area contributed by atoms with Crippen LogP contribution in [0.5, 0.6) is 0 Å². The van der Waals surface area contributed by atoms with Crippen molar-refractivity contribution in [2.24, 2.45) is 0 Å². The lowest BCUT2D eigenvalue weighted by atomic mass is 10.0. The Bertz CT molecular complexity index is 519. The summed E-state index contributed by atoms with van der Waals surface area (Å²) in [5.74, 6) is 0. The van der Waals surface area contributed by atoms with Gasteiger partial charge >= 0.3 is 6.41 Å². The summed E-state index contributed by atoms with van der Waals surface area (Å²) in [4.78, 5) is 13.7. The van der Waals surface area contributed by atoms with Gasteiger partial charge < -0.3 is 4.90 Å². The van der Waals surface area contributed by atoms with Crippen LogP contribution in [0.4, 0.5) is 5.69 Å². The van der Waals surface area contributed by atoms with Gasteiger partial charge in [-0.05, 0) is 35.1 Å². The van der Waals surface area contributed by atoms with Crippen molar-refractivity contribution in [2.75, 3.05) is 11.4 Å². The van der Waals surface area contributed by atoms with Gasteiger partial charge in [0.2, 0.25) is 0 Å². The van der Waals surface area contributed by atoms with Crippen LogP contribution < -0.4 is 4.90 Å². The summed E-state index contributed by atoms with van der Waals surface area (Å²) in [5.41, 5.74) is 3.54. The number of amides is 1. The number of hydrogen-bond donors (Lipinski definition) is 0. The van der Waals surface area contributed by atoms with Gasteiger partial charge in [-0.15, -0.1) is 11.3 Å². The summed E-state index contributed by atoms with van der Waals surface area (Å²) in [6.07, 6.45) is 2.91. The Labute approximate surface area is 98.1 Å². The van der Waals surface area contributed by atoms with Crippen molar-refractivity contribution in [1.82, 2.24) is 0 Å². The molecule has 0 bridgehead atoms. The summed E-state index contributed by atoms with van der Waals surface area (Å²) >= 11 is 1.73. The minimum atomic E-state index is 0.751. The van der Waals surface area contributed by atoms with E-state index in [1.165, 1.54) is 16.0 Å². The molecule has 0 N–H and O–H groups in total. The van der Waals surface area contributed by atoms with E-state index in [0.717, 1.165) is 18.7 Å². The van der Waals surface area contributed by atoms with Gasteiger partial charge in [0.05, 0.1) is 0 Å². The third-order valence-corrected chi connectivity index (χ3v) is 3.83. The topological polar surface area (TPSA) is 20.3 Å². The number of benzene rings is 1. The fraction of sp³-hybridized carbons (Fsp3) is 0.154. The molecule has 0 saturated heterocycles. The Balaban J connectivity index is 2.16. The lowest BCUT2D eigenvalue weighted by Crippen LogP contribution is -2.16. The number of nitrogens with zero attached hydrogens (tertiary/aromatic N) is 1. The van der Waals surface area contributed by atoms with Crippen molar-refractivity contribution in [3.8, 4) is 10.4 Å². The summed E-state index contributed by atoms with van der Waals surface area (Å²) in [6, 6.07) is 10.3. The molecule has 1 radical (unpaired) electrons. The van der Waals surface area contributed by atoms with Crippen LogP contribution in [0.3, 0.4) is 0 Å². The van der Waals surface area contributed by atoms with E-state index < -0.39 is 0 Å². The van der Waals surface area contributed by atoms with Gasteiger partial charge in [0.25, 0.3) is 0 Å². The molecule has 3 rings (SSSR count). The molecule has 0 aliphatic carbocycles. The SMILES string of the molecule is O=[C]N1CCc2c(-c3cccs3)cccc21. The number of anilines is 1. The van der Waals surface area contributed by atoms with Crippen LogP contribution >= 0.6 is 11.3 Å². The third-order valence-electron chi connectivity index (χ3n) is 2.92. The maximum atomic E-state index is 10.8. The Morgan fingerprint density at radius 3 is 2.94 bits per heavy atom. The Morgan fingerprint density at radius 2 is 2.19 bits per heavy atom. The zero-order chi connectivity index (χ0) is 11.0. The van der Waals surface area contributed by atoms with Gasteiger partial charge in [-0.1, -0.05) is 18.2 Å². The Morgan fingerprint density at radius 1 is 1.25 bits per heavy atom. The van der Waals surface area contributed by atoms with Crippen LogP contribution in [-0.4, -0.2) is 13.0 Å². The van der Waals surface area contributed by atoms with Gasteiger partial charge in [0.1, 0.15) is 0 Å². The first-order valence-corrected chi connectivity index (χ1v) is 6.09. The Kier molecular flexibility index (Phi) is 2.26. The molecule has 2 heterocycles. The molecule has 0 atom stereocenters. The predicted molar refractivity (Wildman–Crippen MR) is 66.5 cm³/mol. The highest BCUT2D eigenvalue weighted by Gasteiger charge is 2.22. The molecule has 0 unspecified atom stereocenters. The quantitative estimate of drug-likeness (QED) is 0.774. The van der Waals surface area contributed by atoms with Crippen LogP contribution in [-0.2, 0) is 11.2 Å². The summed E-state index contributed by atoms with van der Waals surface area (Å²) in [5, 5.41) is 2.08. The van der Waals surface area contributed by atoms with Crippen molar-refractivity contribution in [3.05, 3.63) is 41.3 Å². The standard InChI is InChI=1S/C13H10NOS/c15-9-14-7-6-10-11(3-1-4-12(10)14)13-5-2-8-16-13/h1-5,8H,6-7H2. The molecule has 2 aromatic rings. The summed E-state index contributed by atoms with van der Waals surface area (Å²) in [7, 11) is 0. The predicted octanol–water partition coefficient (Wildman–Crippen LogP) is 2.84. The number of fused-ring (bicyclic) bond motifs is 1. The summed E-state index contributed by atoms with van der Waals surface area (Å²) < 4.78 is 0. The molecular formula is C13H10NOS. The normalized spacial score (nSPS) is 13.9. The molecule has 0 spiro atoms. The van der Waals surface area contributed by atoms with E-state index in [1.807, 2.05) is 18.5 Å². The average molecular weight is 228 g/mol. The van der Waals surface area contributed by atoms with Gasteiger partial charge in [-0.3, -0.25) is 4.79 Å². The highest BCUT2D eigenvalue weighted by atomic mass is 32.1. The maximum Gasteiger partial charge on any atom is 0.316 e. The lowest BCUT2D eigenvalue weighted by molar-refractivity contribution is 0.552. The summed E-state index contributed by atoms with van der Waals surface area (Å²) in [6.45, 7) is 0.751. The molecule has 1 aromatic carbocycles. The van der Waals surface area contributed by atoms with Gasteiger partial charge in [-0.25, -0.2) is 0 Å². The zero-order valence-corrected chi connectivity index (χ0v) is 9.46. The first-order valence-electron chi connectivity index (χ1n) is 5.21. The number of carbonyl (C=O) groups excluding carboxylic acids is 1. The molecule has 16 heavy (non-hydrogen) atoms. The monoisotopic (exact) mass is 228 g/mol. The van der Waals surface area contributed by atoms with Crippen LogP contribution in [0.15, 0.2) is 35.7 Å². The van der Waals surface area contributed by atoms with E-state index in [-0.39, 0.29) is 0 Å². The fourth-order valence-electron chi connectivity index (χ4n) is 2.19. The van der Waals surface area contributed by atoms with E-state index in [1.54, 1.807) is 16.2 Å². The number of hydrogen-bond acceptors (Lipinski definition) is 2. The van der Waals surface area contributed by atoms with Crippen LogP contribution in [0.1, 0.15) is 5.56 Å². The lowest BCUT2D eigenvalue weighted by Gasteiger charge is -2.09. The van der Waals surface area contributed by atoms with Crippen molar-refractivity contribution in [3.63, 3.8) is 0 Å². The highest BCUT2D eigenvalue weighted by Crippen LogP contribution is 2.37. The second-order valence-electron chi connectivity index (χ2n) is 3.77. The van der Waals surface area contributed by atoms with E-state index >= 15 is 0 Å². The third kappa shape index (κ3) is 1.36. The highest BCUT2D eigenvalue weighted by molar-refractivity contribution is 7.13. The van der Waals surface area contributed by atoms with Gasteiger partial charge in [0.15, 0.2) is 0 Å². The van der Waals surface area contributed by atoms with Crippen molar-refractivity contribution >= 4 is 23.4 Å². The van der Waals surface area contributed by atoms with Gasteiger partial charge in [-0.2, -0.15) is 0 Å². The molecule has 0 saturated carbocycles. The second kappa shape index (κ2) is 3.76. The number of rotatable bonds is 2. The fourth-order valence-corrected chi connectivity index (χ4v) is 2.97. The van der Waals surface area contributed by atoms with Crippen molar-refractivity contribution in [2.45, 2.75) is 6.42 Å². The van der Waals surface area contributed by atoms with E-state index in [0.29, 0.717) is 0 Å².